The Bertz CT molecular complexity index is 1640. The van der Waals surface area contributed by atoms with E-state index in [1.54, 1.807) is 6.07 Å². The van der Waals surface area contributed by atoms with E-state index in [1.807, 2.05) is 0 Å². The van der Waals surface area contributed by atoms with Crippen LogP contribution in [0.4, 0.5) is 4.39 Å². The van der Waals surface area contributed by atoms with Crippen LogP contribution in [-0.2, 0) is 25.7 Å². The summed E-state index contributed by atoms with van der Waals surface area (Å²) in [5, 5.41) is 39.2. The first-order valence-electron chi connectivity index (χ1n) is 11.5. The van der Waals surface area contributed by atoms with Gasteiger partial charge >= 0.3 is 17.6 Å². The minimum atomic E-state index is -1.65. The fourth-order valence-corrected chi connectivity index (χ4v) is 6.52. The second-order valence-electron chi connectivity index (χ2n) is 8.67. The van der Waals surface area contributed by atoms with E-state index in [-0.39, 0.29) is 28.4 Å². The average molecular weight is 591 g/mol. The third-order valence-corrected chi connectivity index (χ3v) is 8.42. The zero-order chi connectivity index (χ0) is 28.7. The van der Waals surface area contributed by atoms with Gasteiger partial charge in [-0.1, -0.05) is 12.1 Å². The summed E-state index contributed by atoms with van der Waals surface area (Å²) in [7, 11) is 0. The molecule has 0 bridgehead atoms. The van der Waals surface area contributed by atoms with Crippen LogP contribution in [0.3, 0.4) is 0 Å². The number of hydrogen-bond acceptors (Lipinski definition) is 10. The standard InChI is InChI=1S/C23H19FN6O8S2/c24-12-3-1-10(2-4-12)18(33)19(34)25-16-20(35)29-17(22(36)37)11(9-40-21(16)29)8-39-14-6-5-13-26-28(7-15(31)32)23(38)30(13)27-14/h1-6,16,18,21,33H,7-9H2,(H,25,34)(H,31,32)(H,36,37)/t16?,18?,21-/m0/s1. The number of fused-ring (bicyclic) bond motifs is 2. The van der Waals surface area contributed by atoms with Crippen molar-refractivity contribution in [2.24, 2.45) is 0 Å². The summed E-state index contributed by atoms with van der Waals surface area (Å²) in [5.41, 5.74) is -0.281. The fourth-order valence-electron chi connectivity index (χ4n) is 4.18. The van der Waals surface area contributed by atoms with Crippen LogP contribution in [0.2, 0.25) is 0 Å². The summed E-state index contributed by atoms with van der Waals surface area (Å²) in [4.78, 5) is 61.9. The highest BCUT2D eigenvalue weighted by molar-refractivity contribution is 8.01. The Hall–Kier alpha value is -4.22. The second kappa shape index (κ2) is 10.7. The first-order chi connectivity index (χ1) is 19.0. The summed E-state index contributed by atoms with van der Waals surface area (Å²) >= 11 is 2.35. The molecule has 0 radical (unpaired) electrons. The molecule has 4 heterocycles. The maximum atomic E-state index is 13.1. The number of thioether (sulfide) groups is 2. The summed E-state index contributed by atoms with van der Waals surface area (Å²) in [5.74, 6) is -4.33. The van der Waals surface area contributed by atoms with Crippen LogP contribution in [0.1, 0.15) is 11.7 Å². The van der Waals surface area contributed by atoms with E-state index < -0.39 is 59.3 Å². The van der Waals surface area contributed by atoms with Crippen molar-refractivity contribution in [1.29, 1.82) is 0 Å². The molecule has 1 fully saturated rings. The molecule has 1 aromatic carbocycles. The molecule has 4 N–H and O–H groups in total. The molecule has 1 saturated heterocycles. The molecule has 14 nitrogen and oxygen atoms in total. The second-order valence-corrected chi connectivity index (χ2v) is 10.8. The predicted octanol–water partition coefficient (Wildman–Crippen LogP) is -0.321. The molecular weight excluding hydrogens is 571 g/mol. The number of nitrogens with zero attached hydrogens (tertiary/aromatic N) is 5. The SMILES string of the molecule is O=C(O)Cn1nc2ccc(SCC3=C(C(=O)O)N4C(=O)C(NC(=O)C(O)c5ccc(F)cc5)[C@@H]4SC3)nn2c1=O. The average Bonchev–Trinajstić information content (AvgIpc) is 3.23. The molecule has 40 heavy (non-hydrogen) atoms. The number of β-lactam (4-membered cyclic amide) rings is 1. The van der Waals surface area contributed by atoms with Gasteiger partial charge in [-0.15, -0.1) is 28.6 Å². The summed E-state index contributed by atoms with van der Waals surface area (Å²) < 4.78 is 14.8. The number of benzene rings is 1. The van der Waals surface area contributed by atoms with Gasteiger partial charge in [0.1, 0.15) is 34.5 Å². The minimum Gasteiger partial charge on any atom is -0.480 e. The zero-order valence-corrected chi connectivity index (χ0v) is 21.8. The number of rotatable bonds is 9. The van der Waals surface area contributed by atoms with Gasteiger partial charge in [0, 0.05) is 11.5 Å². The van der Waals surface area contributed by atoms with Gasteiger partial charge in [-0.25, -0.2) is 14.0 Å². The lowest BCUT2D eigenvalue weighted by Gasteiger charge is -2.49. The molecule has 5 rings (SSSR count). The highest BCUT2D eigenvalue weighted by Gasteiger charge is 2.54. The van der Waals surface area contributed by atoms with Crippen LogP contribution in [-0.4, -0.2) is 86.3 Å². The number of aliphatic hydroxyl groups excluding tert-OH is 1. The van der Waals surface area contributed by atoms with Crippen molar-refractivity contribution in [3.63, 3.8) is 0 Å². The predicted molar refractivity (Wildman–Crippen MR) is 137 cm³/mol. The lowest BCUT2D eigenvalue weighted by molar-refractivity contribution is -0.151. The molecule has 3 aromatic rings. The molecule has 0 spiro atoms. The number of amides is 2. The van der Waals surface area contributed by atoms with Crippen molar-refractivity contribution in [2.75, 3.05) is 11.5 Å². The van der Waals surface area contributed by atoms with E-state index in [4.69, 9.17) is 5.11 Å². The smallest absolute Gasteiger partial charge is 0.367 e. The number of nitrogens with one attached hydrogen (secondary N) is 1. The minimum absolute atomic E-state index is 0.113. The molecule has 0 saturated carbocycles. The van der Waals surface area contributed by atoms with Gasteiger partial charge in [-0.3, -0.25) is 19.3 Å². The monoisotopic (exact) mass is 590 g/mol. The quantitative estimate of drug-likeness (QED) is 0.188. The van der Waals surface area contributed by atoms with Crippen molar-refractivity contribution in [3.05, 3.63) is 69.5 Å². The Labute approximate surface area is 231 Å². The van der Waals surface area contributed by atoms with E-state index >= 15 is 0 Å². The van der Waals surface area contributed by atoms with Crippen molar-refractivity contribution in [3.8, 4) is 0 Å². The van der Waals surface area contributed by atoms with Gasteiger partial charge in [0.25, 0.3) is 11.8 Å². The molecule has 2 aliphatic heterocycles. The number of hydrogen-bond donors (Lipinski definition) is 4. The Morgan fingerprint density at radius 2 is 1.85 bits per heavy atom. The molecule has 17 heteroatoms. The van der Waals surface area contributed by atoms with Crippen molar-refractivity contribution in [1.82, 2.24) is 29.6 Å². The maximum absolute atomic E-state index is 13.1. The van der Waals surface area contributed by atoms with Crippen molar-refractivity contribution < 1.29 is 38.9 Å². The lowest BCUT2D eigenvalue weighted by atomic mass is 10.0. The molecule has 2 amide bonds. The molecule has 2 aliphatic rings. The Balaban J connectivity index is 1.29. The highest BCUT2D eigenvalue weighted by Crippen LogP contribution is 2.41. The fraction of sp³-hybridized carbons (Fsp3) is 0.261. The Morgan fingerprint density at radius 3 is 2.52 bits per heavy atom. The zero-order valence-electron chi connectivity index (χ0n) is 20.1. The van der Waals surface area contributed by atoms with E-state index in [9.17, 15) is 38.6 Å². The molecule has 2 unspecified atom stereocenters. The van der Waals surface area contributed by atoms with Gasteiger partial charge in [0.05, 0.1) is 0 Å². The highest BCUT2D eigenvalue weighted by atomic mass is 32.2. The summed E-state index contributed by atoms with van der Waals surface area (Å²) in [6.07, 6.45) is -1.65. The number of carbonyl (C=O) groups excluding carboxylic acids is 2. The normalized spacial score (nSPS) is 19.2. The molecule has 2 aromatic heterocycles. The Morgan fingerprint density at radius 1 is 1.12 bits per heavy atom. The molecular formula is C23H19FN6O8S2. The van der Waals surface area contributed by atoms with Gasteiger partial charge in [0.15, 0.2) is 11.8 Å². The van der Waals surface area contributed by atoms with Gasteiger partial charge < -0.3 is 20.6 Å². The van der Waals surface area contributed by atoms with Crippen LogP contribution in [0.15, 0.2) is 57.5 Å². The number of halogens is 1. The van der Waals surface area contributed by atoms with Crippen molar-refractivity contribution >= 4 is 52.9 Å². The van der Waals surface area contributed by atoms with Crippen LogP contribution in [0.5, 0.6) is 0 Å². The number of carboxylic acids is 2. The topological polar surface area (TPSA) is 196 Å². The number of aliphatic carboxylic acids is 2. The van der Waals surface area contributed by atoms with Crippen LogP contribution in [0, 0.1) is 5.82 Å². The van der Waals surface area contributed by atoms with E-state index in [0.717, 1.165) is 38.0 Å². The third-order valence-electron chi connectivity index (χ3n) is 6.08. The molecule has 0 aliphatic carbocycles. The van der Waals surface area contributed by atoms with Crippen LogP contribution < -0.4 is 11.0 Å². The summed E-state index contributed by atoms with van der Waals surface area (Å²) in [6.45, 7) is -0.631. The van der Waals surface area contributed by atoms with Gasteiger partial charge in [0.2, 0.25) is 0 Å². The third kappa shape index (κ3) is 5.05. The van der Waals surface area contributed by atoms with Crippen LogP contribution in [0.25, 0.3) is 5.65 Å². The first kappa shape index (κ1) is 27.4. The summed E-state index contributed by atoms with van der Waals surface area (Å²) in [6, 6.07) is 6.61. The van der Waals surface area contributed by atoms with E-state index in [1.165, 1.54) is 30.0 Å². The first-order valence-corrected chi connectivity index (χ1v) is 13.5. The number of aliphatic hydroxyl groups is 1. The van der Waals surface area contributed by atoms with E-state index in [2.05, 4.69) is 15.5 Å². The van der Waals surface area contributed by atoms with E-state index in [0.29, 0.717) is 10.6 Å². The van der Waals surface area contributed by atoms with Gasteiger partial charge in [-0.2, -0.15) is 14.3 Å². The van der Waals surface area contributed by atoms with Crippen LogP contribution >= 0.6 is 23.5 Å². The number of aromatic nitrogens is 4. The largest absolute Gasteiger partial charge is 0.480 e. The van der Waals surface area contributed by atoms with Crippen molar-refractivity contribution in [2.45, 2.75) is 29.1 Å². The maximum Gasteiger partial charge on any atom is 0.367 e. The number of carboxylic acid groups (broad SMARTS) is 2. The lowest BCUT2D eigenvalue weighted by Crippen LogP contribution is -2.70. The number of carbonyl (C=O) groups is 4. The molecule has 3 atom stereocenters. The Kier molecular flexibility index (Phi) is 7.35. The molecule has 208 valence electrons. The van der Waals surface area contributed by atoms with Gasteiger partial charge in [-0.05, 0) is 35.4 Å².